The van der Waals surface area contributed by atoms with E-state index in [1.807, 2.05) is 42.5 Å². The van der Waals surface area contributed by atoms with Crippen LogP contribution in [0.25, 0.3) is 10.8 Å². The van der Waals surface area contributed by atoms with Crippen molar-refractivity contribution in [3.8, 4) is 0 Å². The molecule has 0 bridgehead atoms. The Morgan fingerprint density at radius 2 is 1.93 bits per heavy atom. The number of nitrogens with zero attached hydrogens (tertiary/aromatic N) is 1. The molecule has 1 aromatic heterocycles. The normalized spacial score (nSPS) is 10.4. The van der Waals surface area contributed by atoms with Gasteiger partial charge in [-0.15, -0.1) is 0 Å². The monoisotopic (exact) mass is 363 g/mol. The summed E-state index contributed by atoms with van der Waals surface area (Å²) >= 11 is 0. The van der Waals surface area contributed by atoms with Gasteiger partial charge >= 0.3 is 0 Å². The molecule has 0 fully saturated rings. The minimum atomic E-state index is -0.131. The lowest BCUT2D eigenvalue weighted by Gasteiger charge is -2.10. The van der Waals surface area contributed by atoms with Crippen molar-refractivity contribution in [1.29, 1.82) is 0 Å². The van der Waals surface area contributed by atoms with Gasteiger partial charge in [0.05, 0.1) is 6.54 Å². The van der Waals surface area contributed by atoms with Crippen LogP contribution in [0.3, 0.4) is 0 Å². The molecule has 5 N–H and O–H groups in total. The van der Waals surface area contributed by atoms with Gasteiger partial charge in [0.25, 0.3) is 0 Å². The smallest absolute Gasteiger partial charge is 0.239 e. The molecule has 0 aliphatic carbocycles. The van der Waals surface area contributed by atoms with Crippen LogP contribution in [0.1, 0.15) is 12.5 Å². The molecule has 7 nitrogen and oxygen atoms in total. The van der Waals surface area contributed by atoms with Gasteiger partial charge in [-0.1, -0.05) is 12.1 Å². The second-order valence-electron chi connectivity index (χ2n) is 6.14. The molecule has 0 saturated heterocycles. The minimum Gasteiger partial charge on any atom is -0.383 e. The first kappa shape index (κ1) is 18.2. The molecule has 0 atom stereocenters. The van der Waals surface area contributed by atoms with Crippen LogP contribution in [0.4, 0.5) is 17.2 Å². The van der Waals surface area contributed by atoms with Crippen molar-refractivity contribution in [3.05, 3.63) is 60.3 Å². The Hall–Kier alpha value is -3.61. The molecular formula is C20H21N5O2. The van der Waals surface area contributed by atoms with Gasteiger partial charge in [-0.25, -0.2) is 4.98 Å². The van der Waals surface area contributed by atoms with Crippen molar-refractivity contribution in [2.45, 2.75) is 13.5 Å². The Balaban J connectivity index is 1.53. The molecule has 2 aromatic carbocycles. The van der Waals surface area contributed by atoms with Crippen LogP contribution in [-0.2, 0) is 16.1 Å². The molecule has 0 aliphatic heterocycles. The molecule has 0 radical (unpaired) electrons. The van der Waals surface area contributed by atoms with Crippen molar-refractivity contribution in [1.82, 2.24) is 10.3 Å². The van der Waals surface area contributed by atoms with Gasteiger partial charge in [0.1, 0.15) is 5.82 Å². The standard InChI is InChI=1S/C20H21N5O2/c1-13(26)25-17-4-2-3-14(9-17)11-24-19(27)12-23-16-5-6-18-15(10-16)7-8-22-20(18)21/h2-10,23H,11-12H2,1H3,(H2,21,22)(H,24,27)(H,25,26). The fourth-order valence-electron chi connectivity index (χ4n) is 2.72. The molecule has 0 spiro atoms. The molecule has 0 saturated carbocycles. The highest BCUT2D eigenvalue weighted by atomic mass is 16.2. The second-order valence-corrected chi connectivity index (χ2v) is 6.14. The summed E-state index contributed by atoms with van der Waals surface area (Å²) in [6, 6.07) is 14.9. The first-order chi connectivity index (χ1) is 13.0. The third-order valence-corrected chi connectivity index (χ3v) is 3.99. The fraction of sp³-hybridized carbons (Fsp3) is 0.150. The van der Waals surface area contributed by atoms with Gasteiger partial charge in [0.2, 0.25) is 11.8 Å². The fourth-order valence-corrected chi connectivity index (χ4v) is 2.72. The Morgan fingerprint density at radius 3 is 2.74 bits per heavy atom. The molecule has 3 aromatic rings. The molecule has 27 heavy (non-hydrogen) atoms. The van der Waals surface area contributed by atoms with E-state index in [1.165, 1.54) is 6.92 Å². The van der Waals surface area contributed by atoms with Crippen molar-refractivity contribution < 1.29 is 9.59 Å². The van der Waals surface area contributed by atoms with Crippen LogP contribution < -0.4 is 21.7 Å². The number of rotatable bonds is 6. The maximum absolute atomic E-state index is 12.1. The highest BCUT2D eigenvalue weighted by Gasteiger charge is 2.04. The van der Waals surface area contributed by atoms with Crippen molar-refractivity contribution in [3.63, 3.8) is 0 Å². The van der Waals surface area contributed by atoms with Crippen molar-refractivity contribution >= 4 is 39.8 Å². The van der Waals surface area contributed by atoms with Crippen molar-refractivity contribution in [2.75, 3.05) is 22.9 Å². The SMILES string of the molecule is CC(=O)Nc1cccc(CNC(=O)CNc2ccc3c(N)nccc3c2)c1. The Kier molecular flexibility index (Phi) is 5.51. The minimum absolute atomic E-state index is 0.130. The number of aromatic nitrogens is 1. The van der Waals surface area contributed by atoms with E-state index < -0.39 is 0 Å². The molecule has 2 amide bonds. The zero-order valence-electron chi connectivity index (χ0n) is 15.0. The summed E-state index contributed by atoms with van der Waals surface area (Å²) in [6.07, 6.45) is 1.66. The van der Waals surface area contributed by atoms with Gasteiger partial charge in [-0.3, -0.25) is 9.59 Å². The predicted molar refractivity (Wildman–Crippen MR) is 107 cm³/mol. The number of nitrogen functional groups attached to an aromatic ring is 1. The summed E-state index contributed by atoms with van der Waals surface area (Å²) in [6.45, 7) is 1.99. The second kappa shape index (κ2) is 8.18. The van der Waals surface area contributed by atoms with Crippen LogP contribution >= 0.6 is 0 Å². The van der Waals surface area contributed by atoms with Crippen LogP contribution in [0.15, 0.2) is 54.7 Å². The lowest BCUT2D eigenvalue weighted by atomic mass is 10.1. The lowest BCUT2D eigenvalue weighted by molar-refractivity contribution is -0.119. The third kappa shape index (κ3) is 4.94. The zero-order chi connectivity index (χ0) is 19.2. The number of hydrogen-bond acceptors (Lipinski definition) is 5. The molecule has 1 heterocycles. The van der Waals surface area contributed by atoms with Crippen molar-refractivity contribution in [2.24, 2.45) is 0 Å². The maximum atomic E-state index is 12.1. The maximum Gasteiger partial charge on any atom is 0.239 e. The van der Waals surface area contributed by atoms with E-state index in [0.29, 0.717) is 18.1 Å². The van der Waals surface area contributed by atoms with Gasteiger partial charge in [0.15, 0.2) is 0 Å². The number of hydrogen-bond donors (Lipinski definition) is 4. The van der Waals surface area contributed by atoms with Crippen LogP contribution in [-0.4, -0.2) is 23.3 Å². The lowest BCUT2D eigenvalue weighted by Crippen LogP contribution is -2.29. The topological polar surface area (TPSA) is 109 Å². The van der Waals surface area contributed by atoms with Crippen LogP contribution in [0.2, 0.25) is 0 Å². The number of nitrogens with one attached hydrogen (secondary N) is 3. The van der Waals surface area contributed by atoms with Gasteiger partial charge in [-0.2, -0.15) is 0 Å². The highest BCUT2D eigenvalue weighted by Crippen LogP contribution is 2.22. The third-order valence-electron chi connectivity index (χ3n) is 3.99. The van der Waals surface area contributed by atoms with Crippen LogP contribution in [0.5, 0.6) is 0 Å². The van der Waals surface area contributed by atoms with Gasteiger partial charge in [-0.05, 0) is 47.3 Å². The first-order valence-corrected chi connectivity index (χ1v) is 8.52. The Bertz CT molecular complexity index is 987. The molecule has 0 unspecified atom stereocenters. The van der Waals surface area contributed by atoms with E-state index >= 15 is 0 Å². The van der Waals surface area contributed by atoms with E-state index in [2.05, 4.69) is 20.9 Å². The number of carbonyl (C=O) groups is 2. The average molecular weight is 363 g/mol. The molecule has 3 rings (SSSR count). The number of pyridine rings is 1. The summed E-state index contributed by atoms with van der Waals surface area (Å²) in [7, 11) is 0. The molecule has 0 aliphatic rings. The number of nitrogens with two attached hydrogens (primary N) is 1. The van der Waals surface area contributed by atoms with E-state index in [9.17, 15) is 9.59 Å². The van der Waals surface area contributed by atoms with E-state index in [4.69, 9.17) is 5.73 Å². The summed E-state index contributed by atoms with van der Waals surface area (Å²) in [5.74, 6) is 0.223. The number of fused-ring (bicyclic) bond motifs is 1. The quantitative estimate of drug-likeness (QED) is 0.538. The van der Waals surface area contributed by atoms with Crippen LogP contribution in [0, 0.1) is 0 Å². The first-order valence-electron chi connectivity index (χ1n) is 8.52. The zero-order valence-corrected chi connectivity index (χ0v) is 15.0. The summed E-state index contributed by atoms with van der Waals surface area (Å²) in [5.41, 5.74) is 8.28. The Labute approximate surface area is 157 Å². The molecule has 7 heteroatoms. The Morgan fingerprint density at radius 1 is 1.07 bits per heavy atom. The predicted octanol–water partition coefficient (Wildman–Crippen LogP) is 2.50. The van der Waals surface area contributed by atoms with E-state index in [-0.39, 0.29) is 18.4 Å². The number of amides is 2. The summed E-state index contributed by atoms with van der Waals surface area (Å²) < 4.78 is 0. The average Bonchev–Trinajstić information content (AvgIpc) is 2.64. The summed E-state index contributed by atoms with van der Waals surface area (Å²) in [4.78, 5) is 27.3. The van der Waals surface area contributed by atoms with E-state index in [0.717, 1.165) is 22.0 Å². The largest absolute Gasteiger partial charge is 0.383 e. The van der Waals surface area contributed by atoms with Gasteiger partial charge in [0, 0.05) is 36.4 Å². The summed E-state index contributed by atoms with van der Waals surface area (Å²) in [5, 5.41) is 10.5. The van der Waals surface area contributed by atoms with E-state index in [1.54, 1.807) is 12.3 Å². The molecule has 138 valence electrons. The van der Waals surface area contributed by atoms with Gasteiger partial charge < -0.3 is 21.7 Å². The molecular weight excluding hydrogens is 342 g/mol. The number of carbonyl (C=O) groups excluding carboxylic acids is 2. The number of benzene rings is 2. The highest BCUT2D eigenvalue weighted by molar-refractivity contribution is 5.93. The number of anilines is 3.